The topological polar surface area (TPSA) is 43.8 Å². The Morgan fingerprint density at radius 2 is 2.00 bits per heavy atom. The molecule has 0 saturated heterocycles. The van der Waals surface area contributed by atoms with E-state index in [0.717, 1.165) is 24.2 Å². The molecule has 1 aliphatic rings. The molecule has 3 rings (SSSR count). The third kappa shape index (κ3) is 2.53. The van der Waals surface area contributed by atoms with Crippen molar-refractivity contribution < 1.29 is 4.39 Å². The fourth-order valence-corrected chi connectivity index (χ4v) is 2.81. The zero-order chi connectivity index (χ0) is 15.4. The Labute approximate surface area is 128 Å². The summed E-state index contributed by atoms with van der Waals surface area (Å²) in [5.74, 6) is 1.69. The maximum Gasteiger partial charge on any atom is 0.141 e. The van der Waals surface area contributed by atoms with E-state index in [0.29, 0.717) is 17.4 Å². The number of nitrogen functional groups attached to an aromatic ring is 1. The van der Waals surface area contributed by atoms with E-state index >= 15 is 0 Å². The summed E-state index contributed by atoms with van der Waals surface area (Å²) in [5, 5.41) is 0.0881. The molecule has 0 spiro atoms. The van der Waals surface area contributed by atoms with Gasteiger partial charge in [-0.3, -0.25) is 0 Å². The smallest absolute Gasteiger partial charge is 0.141 e. The maximum atomic E-state index is 13.3. The van der Waals surface area contributed by atoms with Gasteiger partial charge in [0.25, 0.3) is 0 Å². The molecule has 0 unspecified atom stereocenters. The first kappa shape index (κ1) is 14.4. The summed E-state index contributed by atoms with van der Waals surface area (Å²) in [7, 11) is 0. The zero-order valence-electron chi connectivity index (χ0n) is 12.5. The van der Waals surface area contributed by atoms with Gasteiger partial charge < -0.3 is 10.3 Å². The lowest BCUT2D eigenvalue weighted by Crippen LogP contribution is -2.25. The van der Waals surface area contributed by atoms with Gasteiger partial charge >= 0.3 is 0 Å². The van der Waals surface area contributed by atoms with Crippen LogP contribution < -0.4 is 5.73 Å². The Bertz CT molecular complexity index is 696. The van der Waals surface area contributed by atoms with Gasteiger partial charge in [-0.2, -0.15) is 0 Å². The first-order valence-electron chi connectivity index (χ1n) is 7.13. The molecule has 0 aliphatic heterocycles. The molecule has 1 fully saturated rings. The van der Waals surface area contributed by atoms with Gasteiger partial charge in [0.15, 0.2) is 0 Å². The van der Waals surface area contributed by atoms with Crippen molar-refractivity contribution in [1.82, 2.24) is 9.55 Å². The Morgan fingerprint density at radius 3 is 2.52 bits per heavy atom. The summed E-state index contributed by atoms with van der Waals surface area (Å²) >= 11 is 5.88. The van der Waals surface area contributed by atoms with Crippen molar-refractivity contribution in [1.29, 1.82) is 0 Å². The molecular formula is C16H19ClFN3. The molecule has 5 heteroatoms. The molecule has 0 bridgehead atoms. The molecule has 2 N–H and O–H groups in total. The van der Waals surface area contributed by atoms with Crippen LogP contribution in [0, 0.1) is 5.82 Å². The van der Waals surface area contributed by atoms with E-state index < -0.39 is 5.82 Å². The fraction of sp³-hybridized carbons (Fsp3) is 0.438. The van der Waals surface area contributed by atoms with Gasteiger partial charge in [-0.15, -0.1) is 0 Å². The predicted octanol–water partition coefficient (Wildman–Crippen LogP) is 4.56. The standard InChI is InChI=1S/C16H19ClFN3/c1-16(2,3)21-14(19)13(20-15(21)9-4-5-9)10-6-7-12(18)11(17)8-10/h6-9H,4-5,19H2,1-3H3. The van der Waals surface area contributed by atoms with Gasteiger partial charge in [0.05, 0.1) is 5.02 Å². The molecule has 1 heterocycles. The molecular weight excluding hydrogens is 289 g/mol. The quantitative estimate of drug-likeness (QED) is 0.884. The average molecular weight is 308 g/mol. The summed E-state index contributed by atoms with van der Waals surface area (Å²) < 4.78 is 15.4. The SMILES string of the molecule is CC(C)(C)n1c(C2CC2)nc(-c2ccc(F)c(Cl)c2)c1N. The van der Waals surface area contributed by atoms with Crippen molar-refractivity contribution in [3.05, 3.63) is 34.9 Å². The molecule has 112 valence electrons. The fourth-order valence-electron chi connectivity index (χ4n) is 2.63. The maximum absolute atomic E-state index is 13.3. The van der Waals surface area contributed by atoms with Gasteiger partial charge in [0, 0.05) is 17.0 Å². The van der Waals surface area contributed by atoms with Crippen LogP contribution >= 0.6 is 11.6 Å². The molecule has 0 amide bonds. The van der Waals surface area contributed by atoms with Crippen LogP contribution in [0.2, 0.25) is 5.02 Å². The number of nitrogens with zero attached hydrogens (tertiary/aromatic N) is 2. The van der Waals surface area contributed by atoms with Crippen molar-refractivity contribution in [3.63, 3.8) is 0 Å². The Morgan fingerprint density at radius 1 is 1.33 bits per heavy atom. The predicted molar refractivity (Wildman–Crippen MR) is 84.0 cm³/mol. The van der Waals surface area contributed by atoms with E-state index in [4.69, 9.17) is 22.3 Å². The Kier molecular flexibility index (Phi) is 3.24. The van der Waals surface area contributed by atoms with Crippen molar-refractivity contribution in [2.24, 2.45) is 0 Å². The summed E-state index contributed by atoms with van der Waals surface area (Å²) in [6.07, 6.45) is 2.30. The second kappa shape index (κ2) is 4.73. The first-order chi connectivity index (χ1) is 9.79. The van der Waals surface area contributed by atoms with Crippen molar-refractivity contribution in [3.8, 4) is 11.3 Å². The van der Waals surface area contributed by atoms with Gasteiger partial charge in [-0.25, -0.2) is 9.37 Å². The molecule has 1 aliphatic carbocycles. The number of anilines is 1. The highest BCUT2D eigenvalue weighted by molar-refractivity contribution is 6.31. The minimum absolute atomic E-state index is 0.0881. The highest BCUT2D eigenvalue weighted by Crippen LogP contribution is 2.44. The number of rotatable bonds is 2. The highest BCUT2D eigenvalue weighted by atomic mass is 35.5. The van der Waals surface area contributed by atoms with E-state index in [2.05, 4.69) is 25.3 Å². The first-order valence-corrected chi connectivity index (χ1v) is 7.51. The van der Waals surface area contributed by atoms with Crippen LogP contribution in [-0.4, -0.2) is 9.55 Å². The summed E-state index contributed by atoms with van der Waals surface area (Å²) in [6, 6.07) is 4.60. The second-order valence-electron chi connectivity index (χ2n) is 6.61. The number of halogens is 2. The van der Waals surface area contributed by atoms with Gasteiger partial charge in [-0.1, -0.05) is 11.6 Å². The Hall–Kier alpha value is -1.55. The summed E-state index contributed by atoms with van der Waals surface area (Å²) in [6.45, 7) is 6.33. The van der Waals surface area contributed by atoms with Crippen LogP contribution in [-0.2, 0) is 5.54 Å². The van der Waals surface area contributed by atoms with E-state index in [1.807, 2.05) is 0 Å². The highest BCUT2D eigenvalue weighted by Gasteiger charge is 2.34. The molecule has 2 aromatic rings. The second-order valence-corrected chi connectivity index (χ2v) is 7.02. The molecule has 1 aromatic heterocycles. The lowest BCUT2D eigenvalue weighted by atomic mass is 10.1. The number of hydrogen-bond acceptors (Lipinski definition) is 2. The van der Waals surface area contributed by atoms with Gasteiger partial charge in [0.2, 0.25) is 0 Å². The number of nitrogens with two attached hydrogens (primary N) is 1. The third-order valence-electron chi connectivity index (χ3n) is 3.75. The molecule has 1 aromatic carbocycles. The van der Waals surface area contributed by atoms with Crippen molar-refractivity contribution in [2.75, 3.05) is 5.73 Å². The largest absolute Gasteiger partial charge is 0.383 e. The van der Waals surface area contributed by atoms with Crippen LogP contribution in [0.4, 0.5) is 10.2 Å². The van der Waals surface area contributed by atoms with E-state index in [-0.39, 0.29) is 10.6 Å². The number of aromatic nitrogens is 2. The van der Waals surface area contributed by atoms with Crippen molar-refractivity contribution in [2.45, 2.75) is 45.1 Å². The van der Waals surface area contributed by atoms with Crippen LogP contribution in [0.3, 0.4) is 0 Å². The number of imidazole rings is 1. The Balaban J connectivity index is 2.17. The van der Waals surface area contributed by atoms with Crippen LogP contribution in [0.25, 0.3) is 11.3 Å². The van der Waals surface area contributed by atoms with Crippen LogP contribution in [0.5, 0.6) is 0 Å². The van der Waals surface area contributed by atoms with Crippen molar-refractivity contribution >= 4 is 17.4 Å². The molecule has 21 heavy (non-hydrogen) atoms. The van der Waals surface area contributed by atoms with Gasteiger partial charge in [0.1, 0.15) is 23.2 Å². The number of benzene rings is 1. The monoisotopic (exact) mass is 307 g/mol. The van der Waals surface area contributed by atoms with E-state index in [1.165, 1.54) is 6.07 Å². The minimum atomic E-state index is -0.434. The summed E-state index contributed by atoms with van der Waals surface area (Å²) in [4.78, 5) is 4.74. The summed E-state index contributed by atoms with van der Waals surface area (Å²) in [5.41, 5.74) is 7.64. The lowest BCUT2D eigenvalue weighted by molar-refractivity contribution is 0.388. The zero-order valence-corrected chi connectivity index (χ0v) is 13.2. The van der Waals surface area contributed by atoms with Crippen LogP contribution in [0.15, 0.2) is 18.2 Å². The molecule has 0 radical (unpaired) electrons. The van der Waals surface area contributed by atoms with E-state index in [9.17, 15) is 4.39 Å². The van der Waals surface area contributed by atoms with E-state index in [1.54, 1.807) is 12.1 Å². The minimum Gasteiger partial charge on any atom is -0.383 e. The molecule has 1 saturated carbocycles. The number of hydrogen-bond donors (Lipinski definition) is 1. The normalized spacial score (nSPS) is 15.5. The van der Waals surface area contributed by atoms with Crippen LogP contribution in [0.1, 0.15) is 45.4 Å². The average Bonchev–Trinajstić information content (AvgIpc) is 3.15. The molecule has 3 nitrogen and oxygen atoms in total. The lowest BCUT2D eigenvalue weighted by Gasteiger charge is -2.25. The molecule has 0 atom stereocenters. The van der Waals surface area contributed by atoms with Gasteiger partial charge in [-0.05, 0) is 51.8 Å². The third-order valence-corrected chi connectivity index (χ3v) is 4.03.